The fourth-order valence-electron chi connectivity index (χ4n) is 5.46. The summed E-state index contributed by atoms with van der Waals surface area (Å²) in [5.41, 5.74) is 4.78. The van der Waals surface area contributed by atoms with Crippen molar-refractivity contribution in [2.75, 3.05) is 0 Å². The minimum atomic E-state index is 0.296. The monoisotopic (exact) mass is 357 g/mol. The van der Waals surface area contributed by atoms with Crippen LogP contribution in [0.25, 0.3) is 27.9 Å². The Morgan fingerprint density at radius 2 is 1.78 bits per heavy atom. The highest BCUT2D eigenvalue weighted by atomic mass is 16.1. The third-order valence-electron chi connectivity index (χ3n) is 6.80. The molecule has 138 valence electrons. The summed E-state index contributed by atoms with van der Waals surface area (Å²) >= 11 is 0. The minimum absolute atomic E-state index is 0.296. The number of hydrogen-bond donors (Lipinski definition) is 0. The minimum Gasteiger partial charge on any atom is -0.341 e. The highest BCUT2D eigenvalue weighted by Crippen LogP contribution is 2.41. The Kier molecular flexibility index (Phi) is 4.15. The summed E-state index contributed by atoms with van der Waals surface area (Å²) in [6, 6.07) is 15.3. The summed E-state index contributed by atoms with van der Waals surface area (Å²) in [5, 5.41) is 2.59. The van der Waals surface area contributed by atoms with Crippen LogP contribution in [-0.4, -0.2) is 10.4 Å². The van der Waals surface area contributed by atoms with Crippen LogP contribution in [0.15, 0.2) is 48.0 Å². The van der Waals surface area contributed by atoms with Gasteiger partial charge in [-0.05, 0) is 73.9 Å². The number of aryl methyl sites for hydroxylation is 1. The molecular formula is C25H27NO. The molecule has 2 aliphatic carbocycles. The van der Waals surface area contributed by atoms with Gasteiger partial charge >= 0.3 is 0 Å². The highest BCUT2D eigenvalue weighted by Gasteiger charge is 2.36. The van der Waals surface area contributed by atoms with E-state index in [1.807, 2.05) is 0 Å². The summed E-state index contributed by atoms with van der Waals surface area (Å²) in [4.78, 5) is 13.0. The summed E-state index contributed by atoms with van der Waals surface area (Å²) in [7, 11) is 0. The number of carbonyl (C=O) groups is 1. The first-order chi connectivity index (χ1) is 13.3. The number of fused-ring (bicyclic) bond motifs is 3. The van der Waals surface area contributed by atoms with Crippen LogP contribution in [-0.2, 0) is 11.3 Å². The lowest BCUT2D eigenvalue weighted by Crippen LogP contribution is -2.16. The van der Waals surface area contributed by atoms with E-state index >= 15 is 0 Å². The molecule has 0 amide bonds. The summed E-state index contributed by atoms with van der Waals surface area (Å²) in [6.07, 6.45) is 9.31. The van der Waals surface area contributed by atoms with Crippen LogP contribution in [0.3, 0.4) is 0 Å². The lowest BCUT2D eigenvalue weighted by molar-refractivity contribution is -0.119. The SMILES string of the molecule is CCn1c2ccccc2c2cc(/C=C3\CC[C@H](C4CCCC4)C3=O)ccc21. The Morgan fingerprint density at radius 3 is 2.59 bits per heavy atom. The third kappa shape index (κ3) is 2.74. The number of ketones is 1. The lowest BCUT2D eigenvalue weighted by Gasteiger charge is -2.15. The molecule has 5 rings (SSSR count). The van der Waals surface area contributed by atoms with Crippen molar-refractivity contribution in [2.24, 2.45) is 11.8 Å². The molecule has 2 saturated carbocycles. The first kappa shape index (κ1) is 16.8. The van der Waals surface area contributed by atoms with Crippen molar-refractivity contribution >= 4 is 33.7 Å². The molecule has 2 aliphatic rings. The summed E-state index contributed by atoms with van der Waals surface area (Å²) in [5.74, 6) is 1.37. The number of rotatable bonds is 3. The van der Waals surface area contributed by atoms with Gasteiger partial charge in [-0.3, -0.25) is 4.79 Å². The number of nitrogens with zero attached hydrogens (tertiary/aromatic N) is 1. The standard InChI is InChI=1S/C25H27NO/c1-2-26-23-10-6-5-9-21(23)22-16-17(11-14-24(22)26)15-19-12-13-20(25(19)27)18-7-3-4-8-18/h5-6,9-11,14-16,18,20H,2-4,7-8,12-13H2,1H3/b19-15+/t20-/m1/s1. The third-order valence-corrected chi connectivity index (χ3v) is 6.80. The molecule has 2 fully saturated rings. The molecule has 2 nitrogen and oxygen atoms in total. The largest absolute Gasteiger partial charge is 0.341 e. The van der Waals surface area contributed by atoms with Gasteiger partial charge in [0.2, 0.25) is 0 Å². The fraction of sp³-hybridized carbons (Fsp3) is 0.400. The van der Waals surface area contributed by atoms with Crippen molar-refractivity contribution in [2.45, 2.75) is 52.0 Å². The molecule has 1 atom stereocenters. The fourth-order valence-corrected chi connectivity index (χ4v) is 5.46. The van der Waals surface area contributed by atoms with Gasteiger partial charge in [0, 0.05) is 34.3 Å². The van der Waals surface area contributed by atoms with Gasteiger partial charge in [-0.25, -0.2) is 0 Å². The van der Waals surface area contributed by atoms with Gasteiger partial charge in [-0.15, -0.1) is 0 Å². The predicted octanol–water partition coefficient (Wildman–Crippen LogP) is 6.37. The Labute approximate surface area is 160 Å². The first-order valence-electron chi connectivity index (χ1n) is 10.5. The zero-order chi connectivity index (χ0) is 18.4. The second-order valence-corrected chi connectivity index (χ2v) is 8.26. The average molecular weight is 357 g/mol. The first-order valence-corrected chi connectivity index (χ1v) is 10.5. The van der Waals surface area contributed by atoms with Crippen LogP contribution < -0.4 is 0 Å². The van der Waals surface area contributed by atoms with E-state index in [2.05, 4.69) is 60.0 Å². The van der Waals surface area contributed by atoms with Gasteiger partial charge in [-0.2, -0.15) is 0 Å². The summed E-state index contributed by atoms with van der Waals surface area (Å²) < 4.78 is 2.37. The van der Waals surface area contributed by atoms with Crippen molar-refractivity contribution < 1.29 is 4.79 Å². The van der Waals surface area contributed by atoms with Crippen LogP contribution in [0.1, 0.15) is 51.0 Å². The Bertz CT molecular complexity index is 1050. The molecule has 2 heteroatoms. The zero-order valence-corrected chi connectivity index (χ0v) is 16.1. The zero-order valence-electron chi connectivity index (χ0n) is 16.1. The number of benzene rings is 2. The Hall–Kier alpha value is -2.35. The van der Waals surface area contributed by atoms with Gasteiger partial charge in [0.05, 0.1) is 0 Å². The van der Waals surface area contributed by atoms with Crippen molar-refractivity contribution in [1.29, 1.82) is 0 Å². The maximum absolute atomic E-state index is 13.0. The number of allylic oxidation sites excluding steroid dienone is 1. The number of aromatic nitrogens is 1. The molecular weight excluding hydrogens is 330 g/mol. The van der Waals surface area contributed by atoms with Gasteiger partial charge in [0.15, 0.2) is 5.78 Å². The molecule has 2 aromatic carbocycles. The van der Waals surface area contributed by atoms with E-state index in [4.69, 9.17) is 0 Å². The number of carbonyl (C=O) groups excluding carboxylic acids is 1. The molecule has 0 radical (unpaired) electrons. The smallest absolute Gasteiger partial charge is 0.162 e. The van der Waals surface area contributed by atoms with Crippen LogP contribution in [0.2, 0.25) is 0 Å². The van der Waals surface area contributed by atoms with E-state index in [-0.39, 0.29) is 0 Å². The van der Waals surface area contributed by atoms with Crippen LogP contribution >= 0.6 is 0 Å². The average Bonchev–Trinajstić information content (AvgIpc) is 3.40. The van der Waals surface area contributed by atoms with Gasteiger partial charge in [0.25, 0.3) is 0 Å². The van der Waals surface area contributed by atoms with Gasteiger partial charge in [0.1, 0.15) is 0 Å². The van der Waals surface area contributed by atoms with E-state index in [1.165, 1.54) is 47.5 Å². The molecule has 1 heterocycles. The van der Waals surface area contributed by atoms with Crippen molar-refractivity contribution in [3.8, 4) is 0 Å². The molecule has 1 aromatic heterocycles. The van der Waals surface area contributed by atoms with Crippen LogP contribution in [0.4, 0.5) is 0 Å². The van der Waals surface area contributed by atoms with E-state index in [0.717, 1.165) is 30.5 Å². The molecule has 0 unspecified atom stereocenters. The maximum Gasteiger partial charge on any atom is 0.162 e. The normalized spacial score (nSPS) is 22.6. The lowest BCUT2D eigenvalue weighted by atomic mass is 9.88. The Balaban J connectivity index is 1.53. The molecule has 0 bridgehead atoms. The van der Waals surface area contributed by atoms with E-state index in [1.54, 1.807) is 0 Å². The molecule has 0 saturated heterocycles. The predicted molar refractivity (Wildman–Crippen MR) is 113 cm³/mol. The van der Waals surface area contributed by atoms with Crippen molar-refractivity contribution in [3.05, 3.63) is 53.6 Å². The molecule has 0 N–H and O–H groups in total. The van der Waals surface area contributed by atoms with Gasteiger partial charge < -0.3 is 4.57 Å². The molecule has 27 heavy (non-hydrogen) atoms. The second kappa shape index (κ2) is 6.67. The number of para-hydroxylation sites is 1. The van der Waals surface area contributed by atoms with E-state index < -0.39 is 0 Å². The topological polar surface area (TPSA) is 22.0 Å². The number of Topliss-reactive ketones (excluding diaryl/α,β-unsaturated/α-hetero) is 1. The van der Waals surface area contributed by atoms with Crippen LogP contribution in [0, 0.1) is 11.8 Å². The van der Waals surface area contributed by atoms with E-state index in [9.17, 15) is 4.79 Å². The molecule has 0 aliphatic heterocycles. The highest BCUT2D eigenvalue weighted by molar-refractivity contribution is 6.09. The summed E-state index contributed by atoms with van der Waals surface area (Å²) in [6.45, 7) is 3.16. The Morgan fingerprint density at radius 1 is 1.00 bits per heavy atom. The molecule has 3 aromatic rings. The van der Waals surface area contributed by atoms with Crippen LogP contribution in [0.5, 0.6) is 0 Å². The quantitative estimate of drug-likeness (QED) is 0.499. The second-order valence-electron chi connectivity index (χ2n) is 8.26. The van der Waals surface area contributed by atoms with Crippen molar-refractivity contribution in [1.82, 2.24) is 4.57 Å². The number of hydrogen-bond acceptors (Lipinski definition) is 1. The van der Waals surface area contributed by atoms with E-state index in [0.29, 0.717) is 17.6 Å². The molecule has 0 spiro atoms. The van der Waals surface area contributed by atoms with Crippen molar-refractivity contribution in [3.63, 3.8) is 0 Å². The van der Waals surface area contributed by atoms with Gasteiger partial charge in [-0.1, -0.05) is 37.1 Å². The maximum atomic E-state index is 13.0.